The molecule has 0 bridgehead atoms. The molecule has 5 heteroatoms. The van der Waals surface area contributed by atoms with Crippen LogP contribution in [-0.4, -0.2) is 37.3 Å². The molecule has 1 heterocycles. The Kier molecular flexibility index (Phi) is 4.04. The zero-order valence-corrected chi connectivity index (χ0v) is 11.0. The van der Waals surface area contributed by atoms with Crippen LogP contribution in [0.2, 0.25) is 0 Å². The number of nitrogens with zero attached hydrogens (tertiary/aromatic N) is 1. The van der Waals surface area contributed by atoms with E-state index in [9.17, 15) is 9.35 Å². The van der Waals surface area contributed by atoms with Gasteiger partial charge in [-0.25, -0.2) is 0 Å². The minimum Gasteiger partial charge on any atom is -0.597 e. The van der Waals surface area contributed by atoms with Crippen molar-refractivity contribution in [3.63, 3.8) is 0 Å². The highest BCUT2D eigenvalue weighted by atomic mass is 32.2. The van der Waals surface area contributed by atoms with E-state index in [1.165, 1.54) is 0 Å². The van der Waals surface area contributed by atoms with Gasteiger partial charge in [-0.1, -0.05) is 11.6 Å². The lowest BCUT2D eigenvalue weighted by Gasteiger charge is -2.37. The van der Waals surface area contributed by atoms with Gasteiger partial charge < -0.3 is 9.66 Å². The normalized spacial score (nSPS) is 25.1. The van der Waals surface area contributed by atoms with Crippen molar-refractivity contribution in [3.05, 3.63) is 11.6 Å². The Morgan fingerprint density at radius 2 is 2.19 bits per heavy atom. The van der Waals surface area contributed by atoms with Crippen molar-refractivity contribution in [1.82, 2.24) is 4.31 Å². The highest BCUT2D eigenvalue weighted by Gasteiger charge is 2.41. The minimum absolute atomic E-state index is 0.424. The topological polar surface area (TPSA) is 63.6 Å². The molecule has 0 fully saturated rings. The van der Waals surface area contributed by atoms with Crippen molar-refractivity contribution in [2.24, 2.45) is 0 Å². The second-order valence-electron chi connectivity index (χ2n) is 5.07. The van der Waals surface area contributed by atoms with Crippen molar-refractivity contribution >= 4 is 17.3 Å². The molecule has 0 unspecified atom stereocenters. The van der Waals surface area contributed by atoms with Crippen LogP contribution in [0.5, 0.6) is 0 Å². The fraction of sp³-hybridized carbons (Fsp3) is 0.727. The molecular formula is C11H19NO3S. The maximum absolute atomic E-state index is 12.2. The number of carbonyl (C=O) groups is 1. The van der Waals surface area contributed by atoms with Crippen molar-refractivity contribution < 1.29 is 14.5 Å². The van der Waals surface area contributed by atoms with Crippen LogP contribution < -0.4 is 0 Å². The highest BCUT2D eigenvalue weighted by molar-refractivity contribution is 7.90. The van der Waals surface area contributed by atoms with Crippen LogP contribution in [0.4, 0.5) is 0 Å². The van der Waals surface area contributed by atoms with Gasteiger partial charge in [0.25, 0.3) is 0 Å². The first-order chi connectivity index (χ1) is 7.23. The fourth-order valence-corrected chi connectivity index (χ4v) is 2.92. The second-order valence-corrected chi connectivity index (χ2v) is 7.26. The first kappa shape index (κ1) is 13.5. The Labute approximate surface area is 99.6 Å². The van der Waals surface area contributed by atoms with Crippen LogP contribution in [-0.2, 0) is 16.2 Å². The van der Waals surface area contributed by atoms with Crippen LogP contribution in [0, 0.1) is 0 Å². The maximum atomic E-state index is 12.2. The molecule has 1 rings (SSSR count). The lowest BCUT2D eigenvalue weighted by atomic mass is 10.0. The van der Waals surface area contributed by atoms with Gasteiger partial charge in [0.05, 0.1) is 6.54 Å². The number of hydrogen-bond acceptors (Lipinski definition) is 3. The van der Waals surface area contributed by atoms with Gasteiger partial charge in [0.15, 0.2) is 6.04 Å². The molecule has 0 aromatic rings. The molecule has 0 saturated carbocycles. The van der Waals surface area contributed by atoms with Crippen molar-refractivity contribution in [3.8, 4) is 0 Å². The summed E-state index contributed by atoms with van der Waals surface area (Å²) >= 11 is -1.28. The van der Waals surface area contributed by atoms with Gasteiger partial charge in [-0.3, -0.25) is 4.79 Å². The third-order valence-electron chi connectivity index (χ3n) is 2.50. The van der Waals surface area contributed by atoms with Crippen LogP contribution in [0.3, 0.4) is 0 Å². The van der Waals surface area contributed by atoms with Crippen LogP contribution in [0.15, 0.2) is 11.6 Å². The smallest absolute Gasteiger partial charge is 0.325 e. The molecule has 0 aromatic heterocycles. The predicted molar refractivity (Wildman–Crippen MR) is 64.4 cm³/mol. The van der Waals surface area contributed by atoms with Crippen molar-refractivity contribution in [1.29, 1.82) is 0 Å². The Morgan fingerprint density at radius 1 is 1.62 bits per heavy atom. The predicted octanol–water partition coefficient (Wildman–Crippen LogP) is 1.55. The van der Waals surface area contributed by atoms with Crippen molar-refractivity contribution in [2.75, 3.05) is 6.54 Å². The molecule has 16 heavy (non-hydrogen) atoms. The largest absolute Gasteiger partial charge is 0.597 e. The van der Waals surface area contributed by atoms with Gasteiger partial charge >= 0.3 is 5.97 Å². The van der Waals surface area contributed by atoms with Gasteiger partial charge in [0.1, 0.15) is 4.75 Å². The Bertz CT molecular complexity index is 309. The second kappa shape index (κ2) is 4.77. The quantitative estimate of drug-likeness (QED) is 0.592. The van der Waals surface area contributed by atoms with Gasteiger partial charge in [0, 0.05) is 11.4 Å². The molecule has 0 radical (unpaired) electrons. The van der Waals surface area contributed by atoms with Gasteiger partial charge in [-0.05, 0) is 34.1 Å². The zero-order valence-electron chi connectivity index (χ0n) is 10.2. The van der Waals surface area contributed by atoms with E-state index in [-0.39, 0.29) is 0 Å². The summed E-state index contributed by atoms with van der Waals surface area (Å²) in [6, 6.07) is -0.662. The monoisotopic (exact) mass is 245 g/mol. The third kappa shape index (κ3) is 2.99. The first-order valence-corrected chi connectivity index (χ1v) is 6.41. The van der Waals surface area contributed by atoms with E-state index in [1.54, 1.807) is 4.31 Å². The molecule has 0 amide bonds. The molecule has 92 valence electrons. The summed E-state index contributed by atoms with van der Waals surface area (Å²) < 4.78 is 13.3. The average molecular weight is 245 g/mol. The molecule has 0 spiro atoms. The molecule has 4 nitrogen and oxygen atoms in total. The number of carboxylic acids is 1. The summed E-state index contributed by atoms with van der Waals surface area (Å²) in [6.45, 7) is 7.92. The highest BCUT2D eigenvalue weighted by Crippen LogP contribution is 2.27. The lowest BCUT2D eigenvalue weighted by molar-refractivity contribution is -0.141. The summed E-state index contributed by atoms with van der Waals surface area (Å²) in [5, 5.41) is 9.14. The molecule has 0 saturated heterocycles. The standard InChI is InChI=1S/C11H19NO3S/c1-8-5-6-12(9(7-8)10(13)14)16(15)11(2,3)4/h5,9H,6-7H2,1-4H3,(H,13,14)/t9-,16-/m0/s1. The summed E-state index contributed by atoms with van der Waals surface area (Å²) in [6.07, 6.45) is 2.40. The van der Waals surface area contributed by atoms with E-state index >= 15 is 0 Å². The van der Waals surface area contributed by atoms with Gasteiger partial charge in [0.2, 0.25) is 0 Å². The summed E-state index contributed by atoms with van der Waals surface area (Å²) in [7, 11) is 0. The molecule has 1 aliphatic rings. The molecular weight excluding hydrogens is 226 g/mol. The van der Waals surface area contributed by atoms with Crippen LogP contribution in [0.1, 0.15) is 34.1 Å². The molecule has 0 aliphatic carbocycles. The minimum atomic E-state index is -1.28. The fourth-order valence-electron chi connectivity index (χ4n) is 1.61. The molecule has 1 N–H and O–H groups in total. The van der Waals surface area contributed by atoms with Crippen LogP contribution >= 0.6 is 0 Å². The average Bonchev–Trinajstić information content (AvgIpc) is 2.15. The van der Waals surface area contributed by atoms with Crippen LogP contribution in [0.25, 0.3) is 0 Å². The van der Waals surface area contributed by atoms with E-state index < -0.39 is 28.1 Å². The Morgan fingerprint density at radius 3 is 2.62 bits per heavy atom. The maximum Gasteiger partial charge on any atom is 0.325 e. The van der Waals surface area contributed by atoms with E-state index in [0.717, 1.165) is 5.57 Å². The van der Waals surface area contributed by atoms with Crippen molar-refractivity contribution in [2.45, 2.75) is 44.9 Å². The number of aliphatic carboxylic acids is 1. The zero-order chi connectivity index (χ0) is 12.5. The summed E-state index contributed by atoms with van der Waals surface area (Å²) in [4.78, 5) is 11.1. The van der Waals surface area contributed by atoms with E-state index in [4.69, 9.17) is 5.11 Å². The summed E-state index contributed by atoms with van der Waals surface area (Å²) in [5.41, 5.74) is 1.05. The summed E-state index contributed by atoms with van der Waals surface area (Å²) in [5.74, 6) is -0.898. The number of rotatable bonds is 2. The first-order valence-electron chi connectivity index (χ1n) is 5.30. The molecule has 2 atom stereocenters. The Hall–Kier alpha value is -0.520. The SMILES string of the molecule is CC1=CCN([S@@+]([O-])C(C)(C)C)[C@H](C(=O)O)C1. The molecule has 1 aliphatic heterocycles. The van der Waals surface area contributed by atoms with E-state index in [1.807, 2.05) is 33.8 Å². The number of carboxylic acid groups (broad SMARTS) is 1. The van der Waals surface area contributed by atoms with E-state index in [2.05, 4.69) is 0 Å². The lowest BCUT2D eigenvalue weighted by Crippen LogP contribution is -2.52. The molecule has 0 aromatic carbocycles. The van der Waals surface area contributed by atoms with Gasteiger partial charge in [-0.15, -0.1) is 4.31 Å². The van der Waals surface area contributed by atoms with Gasteiger partial charge in [-0.2, -0.15) is 0 Å². The number of hydrogen-bond donors (Lipinski definition) is 1. The van der Waals surface area contributed by atoms with E-state index in [0.29, 0.717) is 13.0 Å². The third-order valence-corrected chi connectivity index (χ3v) is 4.38. The Balaban J connectivity index is 2.89.